The molecule has 2 aromatic rings. The van der Waals surface area contributed by atoms with Crippen LogP contribution in [0.1, 0.15) is 30.0 Å². The molecule has 3 N–H and O–H groups in total. The molecule has 7 nitrogen and oxygen atoms in total. The molecular weight excluding hydrogens is 382 g/mol. The Labute approximate surface area is 167 Å². The van der Waals surface area contributed by atoms with E-state index >= 15 is 0 Å². The van der Waals surface area contributed by atoms with E-state index in [1.165, 1.54) is 0 Å². The largest absolute Gasteiger partial charge is 0.387 e. The number of aliphatic hydroxyl groups is 3. The van der Waals surface area contributed by atoms with Gasteiger partial charge in [-0.3, -0.25) is 4.99 Å². The van der Waals surface area contributed by atoms with Crippen LogP contribution in [0.4, 0.5) is 0 Å². The number of nitrogens with zero attached hydrogens (tertiary/aromatic N) is 3. The highest BCUT2D eigenvalue weighted by Crippen LogP contribution is 2.40. The van der Waals surface area contributed by atoms with Gasteiger partial charge in [0.05, 0.1) is 0 Å². The van der Waals surface area contributed by atoms with Crippen molar-refractivity contribution in [1.29, 1.82) is 0 Å². The monoisotopic (exact) mass is 403 g/mol. The maximum atomic E-state index is 11.1. The van der Waals surface area contributed by atoms with Crippen LogP contribution in [-0.2, 0) is 16.8 Å². The van der Waals surface area contributed by atoms with Crippen LogP contribution in [0.2, 0.25) is 5.02 Å². The van der Waals surface area contributed by atoms with Crippen molar-refractivity contribution in [3.63, 3.8) is 0 Å². The van der Waals surface area contributed by atoms with Crippen molar-refractivity contribution in [3.8, 4) is 0 Å². The standard InChI is InChI=1S/C20H22ClN3O4/c1-20(27,11-3-5-12(21)6-4-11)17-15(25)16(26)19(28-17)24-10-8-13-14(24)7-9-23-18(13)22-2/h3-6,8-10,15-17,19,25-27H,7H2,1-2H3/t15-,16+,17-,19+,20+/m0/s1. The SMILES string of the molecule is CN=C1N=CCc2c1ccn2[C@@H]1O[C@H]([C@](C)(O)c2ccc(Cl)cc2)[C@@H](O)[C@H]1O. The van der Waals surface area contributed by atoms with Crippen molar-refractivity contribution in [2.24, 2.45) is 9.98 Å². The molecule has 8 heteroatoms. The molecule has 0 radical (unpaired) electrons. The minimum atomic E-state index is -1.52. The highest BCUT2D eigenvalue weighted by Gasteiger charge is 2.52. The first-order chi connectivity index (χ1) is 13.3. The maximum Gasteiger partial charge on any atom is 0.163 e. The average molecular weight is 404 g/mol. The fourth-order valence-corrected chi connectivity index (χ4v) is 4.04. The lowest BCUT2D eigenvalue weighted by Gasteiger charge is -2.32. The van der Waals surface area contributed by atoms with E-state index in [0.29, 0.717) is 22.8 Å². The average Bonchev–Trinajstić information content (AvgIpc) is 3.24. The Morgan fingerprint density at radius 3 is 2.61 bits per heavy atom. The van der Waals surface area contributed by atoms with Gasteiger partial charge in [0.15, 0.2) is 12.1 Å². The Bertz CT molecular complexity index is 935. The normalized spacial score (nSPS) is 30.4. The highest BCUT2D eigenvalue weighted by atomic mass is 35.5. The molecule has 2 aliphatic rings. The summed E-state index contributed by atoms with van der Waals surface area (Å²) in [4.78, 5) is 8.44. The molecule has 1 fully saturated rings. The molecule has 0 aliphatic carbocycles. The molecule has 2 aliphatic heterocycles. The van der Waals surface area contributed by atoms with Crippen molar-refractivity contribution < 1.29 is 20.1 Å². The minimum Gasteiger partial charge on any atom is -0.387 e. The zero-order valence-corrected chi connectivity index (χ0v) is 16.3. The predicted molar refractivity (Wildman–Crippen MR) is 106 cm³/mol. The van der Waals surface area contributed by atoms with Crippen molar-refractivity contribution >= 4 is 23.7 Å². The van der Waals surface area contributed by atoms with Gasteiger partial charge in [0.1, 0.15) is 23.9 Å². The molecule has 3 heterocycles. The number of hydrogen-bond donors (Lipinski definition) is 3. The van der Waals surface area contributed by atoms with E-state index in [9.17, 15) is 15.3 Å². The molecule has 148 valence electrons. The summed E-state index contributed by atoms with van der Waals surface area (Å²) in [6.07, 6.45) is -0.255. The number of aliphatic imine (C=N–C) groups is 2. The zero-order valence-electron chi connectivity index (χ0n) is 15.5. The molecule has 5 atom stereocenters. The Hall–Kier alpha value is -2.03. The number of hydrogen-bond acceptors (Lipinski definition) is 5. The number of fused-ring (bicyclic) bond motifs is 1. The first-order valence-corrected chi connectivity index (χ1v) is 9.41. The van der Waals surface area contributed by atoms with Crippen molar-refractivity contribution in [2.45, 2.75) is 43.5 Å². The van der Waals surface area contributed by atoms with Gasteiger partial charge in [-0.1, -0.05) is 23.7 Å². The Morgan fingerprint density at radius 2 is 1.93 bits per heavy atom. The van der Waals surface area contributed by atoms with Crippen LogP contribution in [0, 0.1) is 0 Å². The van der Waals surface area contributed by atoms with Gasteiger partial charge in [-0.05, 0) is 30.7 Å². The van der Waals surface area contributed by atoms with Crippen molar-refractivity contribution in [1.82, 2.24) is 4.57 Å². The van der Waals surface area contributed by atoms with Gasteiger partial charge in [0.2, 0.25) is 0 Å². The molecule has 1 aromatic heterocycles. The van der Waals surface area contributed by atoms with Crippen molar-refractivity contribution in [2.75, 3.05) is 7.05 Å². The van der Waals surface area contributed by atoms with Crippen LogP contribution < -0.4 is 0 Å². The number of amidine groups is 1. The third-order valence-corrected chi connectivity index (χ3v) is 5.72. The van der Waals surface area contributed by atoms with Gasteiger partial charge in [-0.15, -0.1) is 0 Å². The molecule has 28 heavy (non-hydrogen) atoms. The third-order valence-electron chi connectivity index (χ3n) is 5.47. The van der Waals surface area contributed by atoms with Crippen LogP contribution >= 0.6 is 11.6 Å². The number of benzene rings is 1. The Balaban J connectivity index is 1.66. The molecule has 0 saturated carbocycles. The van der Waals surface area contributed by atoms with E-state index in [1.807, 2.05) is 6.07 Å². The van der Waals surface area contributed by atoms with E-state index in [0.717, 1.165) is 11.3 Å². The number of halogens is 1. The summed E-state index contributed by atoms with van der Waals surface area (Å²) >= 11 is 5.93. The van der Waals surface area contributed by atoms with Crippen LogP contribution in [0.15, 0.2) is 46.5 Å². The lowest BCUT2D eigenvalue weighted by atomic mass is 9.87. The number of rotatable bonds is 3. The van der Waals surface area contributed by atoms with Gasteiger partial charge in [-0.25, -0.2) is 4.99 Å². The van der Waals surface area contributed by atoms with Gasteiger partial charge >= 0.3 is 0 Å². The second-order valence-electron chi connectivity index (χ2n) is 7.23. The topological polar surface area (TPSA) is 99.6 Å². The van der Waals surface area contributed by atoms with E-state index in [2.05, 4.69) is 9.98 Å². The molecule has 1 saturated heterocycles. The summed E-state index contributed by atoms with van der Waals surface area (Å²) in [6.45, 7) is 1.55. The number of aromatic nitrogens is 1. The molecular formula is C20H22ClN3O4. The zero-order chi connectivity index (χ0) is 20.1. The first-order valence-electron chi connectivity index (χ1n) is 9.04. The molecule has 0 unspecified atom stereocenters. The van der Waals surface area contributed by atoms with Crippen LogP contribution in [-0.4, -0.2) is 57.3 Å². The van der Waals surface area contributed by atoms with Gasteiger partial charge in [0, 0.05) is 42.2 Å². The summed E-state index contributed by atoms with van der Waals surface area (Å²) in [5.41, 5.74) is 0.766. The van der Waals surface area contributed by atoms with E-state index in [1.54, 1.807) is 55.2 Å². The summed E-state index contributed by atoms with van der Waals surface area (Å²) in [7, 11) is 1.67. The van der Waals surface area contributed by atoms with Crippen LogP contribution in [0.5, 0.6) is 0 Å². The molecule has 0 spiro atoms. The van der Waals surface area contributed by atoms with Gasteiger partial charge in [0.25, 0.3) is 0 Å². The molecule has 0 amide bonds. The number of aliphatic hydroxyl groups excluding tert-OH is 2. The summed E-state index contributed by atoms with van der Waals surface area (Å²) in [5.74, 6) is 0.609. The maximum absolute atomic E-state index is 11.1. The second kappa shape index (κ2) is 7.09. The van der Waals surface area contributed by atoms with Gasteiger partial charge < -0.3 is 24.6 Å². The van der Waals surface area contributed by atoms with Crippen LogP contribution in [0.3, 0.4) is 0 Å². The fraction of sp³-hybridized carbons (Fsp3) is 0.400. The predicted octanol–water partition coefficient (Wildman–Crippen LogP) is 1.67. The van der Waals surface area contributed by atoms with E-state index in [-0.39, 0.29) is 0 Å². The number of ether oxygens (including phenoxy) is 1. The van der Waals surface area contributed by atoms with Gasteiger partial charge in [-0.2, -0.15) is 0 Å². The van der Waals surface area contributed by atoms with E-state index in [4.69, 9.17) is 16.3 Å². The summed E-state index contributed by atoms with van der Waals surface area (Å²) in [5, 5.41) is 33.0. The minimum absolute atomic E-state index is 0.538. The lowest BCUT2D eigenvalue weighted by Crippen LogP contribution is -2.45. The summed E-state index contributed by atoms with van der Waals surface area (Å²) in [6, 6.07) is 8.54. The third kappa shape index (κ3) is 3.00. The highest BCUT2D eigenvalue weighted by molar-refractivity contribution is 6.30. The molecule has 4 rings (SSSR count). The smallest absolute Gasteiger partial charge is 0.163 e. The van der Waals surface area contributed by atoms with E-state index < -0.39 is 30.1 Å². The van der Waals surface area contributed by atoms with Crippen LogP contribution in [0.25, 0.3) is 0 Å². The summed E-state index contributed by atoms with van der Waals surface area (Å²) < 4.78 is 7.79. The Kier molecular flexibility index (Phi) is 4.89. The quantitative estimate of drug-likeness (QED) is 0.725. The first kappa shape index (κ1) is 19.3. The van der Waals surface area contributed by atoms with Crippen molar-refractivity contribution in [3.05, 3.63) is 58.4 Å². The lowest BCUT2D eigenvalue weighted by molar-refractivity contribution is -0.136. The molecule has 0 bridgehead atoms. The Morgan fingerprint density at radius 1 is 1.21 bits per heavy atom. The second-order valence-corrected chi connectivity index (χ2v) is 7.67. The molecule has 1 aromatic carbocycles. The fourth-order valence-electron chi connectivity index (χ4n) is 3.91.